The minimum Gasteiger partial charge on any atom is -0.398 e. The molecule has 0 bridgehead atoms. The van der Waals surface area contributed by atoms with E-state index in [4.69, 9.17) is 5.73 Å². The molecule has 0 aliphatic carbocycles. The Morgan fingerprint density at radius 3 is 2.57 bits per heavy atom. The van der Waals surface area contributed by atoms with Gasteiger partial charge in [-0.05, 0) is 56.2 Å². The van der Waals surface area contributed by atoms with E-state index in [-0.39, 0.29) is 0 Å². The monoisotopic (exact) mass is 277 g/mol. The molecule has 0 atom stereocenters. The Kier molecular flexibility index (Phi) is 3.26. The third-order valence-electron chi connectivity index (χ3n) is 3.95. The number of nitrogens with one attached hydrogen (secondary N) is 1. The summed E-state index contributed by atoms with van der Waals surface area (Å²) in [7, 11) is 0. The Bertz CT molecular complexity index is 822. The largest absolute Gasteiger partial charge is 0.398 e. The number of hydrogen-bond donors (Lipinski definition) is 2. The van der Waals surface area contributed by atoms with E-state index in [1.54, 1.807) is 0 Å². The van der Waals surface area contributed by atoms with Crippen LogP contribution in [0.25, 0.3) is 10.8 Å². The molecule has 3 heteroatoms. The van der Waals surface area contributed by atoms with Gasteiger partial charge in [-0.1, -0.05) is 12.1 Å². The number of pyridine rings is 1. The van der Waals surface area contributed by atoms with Crippen LogP contribution in [0.3, 0.4) is 0 Å². The fraction of sp³-hybridized carbons (Fsp3) is 0.167. The maximum Gasteiger partial charge on any atom is 0.0466 e. The van der Waals surface area contributed by atoms with Crippen LogP contribution >= 0.6 is 0 Å². The molecule has 0 radical (unpaired) electrons. The average molecular weight is 277 g/mol. The lowest BCUT2D eigenvalue weighted by Gasteiger charge is -2.14. The van der Waals surface area contributed by atoms with Crippen LogP contribution in [0.2, 0.25) is 0 Å². The average Bonchev–Trinajstić information content (AvgIpc) is 2.46. The number of aryl methyl sites for hydroxylation is 2. The lowest BCUT2D eigenvalue weighted by Crippen LogP contribution is -1.98. The highest BCUT2D eigenvalue weighted by atomic mass is 14.9. The number of nitrogens with two attached hydrogens (primary N) is 1. The zero-order valence-corrected chi connectivity index (χ0v) is 12.6. The molecular formula is C18H19N3. The standard InChI is InChI=1S/C18H19N3/c1-11-5-4-6-17(13(11)3)21-18-8-7-16(19)15-10-20-12(2)9-14(15)18/h4-10,21H,19H2,1-3H3. The van der Waals surface area contributed by atoms with Crippen molar-refractivity contribution in [1.82, 2.24) is 4.98 Å². The zero-order chi connectivity index (χ0) is 15.0. The normalized spacial score (nSPS) is 10.8. The Hall–Kier alpha value is -2.55. The molecule has 0 saturated carbocycles. The van der Waals surface area contributed by atoms with E-state index in [1.165, 1.54) is 11.1 Å². The molecule has 0 aliphatic rings. The van der Waals surface area contributed by atoms with E-state index in [0.29, 0.717) is 0 Å². The van der Waals surface area contributed by atoms with Crippen molar-refractivity contribution in [3.8, 4) is 0 Å². The van der Waals surface area contributed by atoms with Crippen molar-refractivity contribution in [3.05, 3.63) is 59.4 Å². The van der Waals surface area contributed by atoms with Gasteiger partial charge in [0.1, 0.15) is 0 Å². The van der Waals surface area contributed by atoms with Crippen molar-refractivity contribution in [2.24, 2.45) is 0 Å². The van der Waals surface area contributed by atoms with Gasteiger partial charge in [0.15, 0.2) is 0 Å². The van der Waals surface area contributed by atoms with Gasteiger partial charge in [-0.3, -0.25) is 4.98 Å². The molecule has 0 aliphatic heterocycles. The highest BCUT2D eigenvalue weighted by Gasteiger charge is 2.07. The highest BCUT2D eigenvalue weighted by Crippen LogP contribution is 2.31. The molecule has 3 aromatic rings. The first-order valence-corrected chi connectivity index (χ1v) is 7.04. The van der Waals surface area contributed by atoms with Gasteiger partial charge < -0.3 is 11.1 Å². The molecule has 106 valence electrons. The van der Waals surface area contributed by atoms with Crippen LogP contribution < -0.4 is 11.1 Å². The second-order valence-electron chi connectivity index (χ2n) is 5.45. The molecule has 1 heterocycles. The van der Waals surface area contributed by atoms with Gasteiger partial charge in [-0.2, -0.15) is 0 Å². The van der Waals surface area contributed by atoms with Gasteiger partial charge in [0.25, 0.3) is 0 Å². The van der Waals surface area contributed by atoms with Crippen molar-refractivity contribution in [3.63, 3.8) is 0 Å². The van der Waals surface area contributed by atoms with Crippen molar-refractivity contribution in [2.75, 3.05) is 11.1 Å². The summed E-state index contributed by atoms with van der Waals surface area (Å²) in [6.45, 7) is 6.24. The fourth-order valence-electron chi connectivity index (χ4n) is 2.51. The van der Waals surface area contributed by atoms with Crippen LogP contribution in [0, 0.1) is 20.8 Å². The van der Waals surface area contributed by atoms with Crippen LogP contribution in [-0.2, 0) is 0 Å². The van der Waals surface area contributed by atoms with Gasteiger partial charge in [-0.25, -0.2) is 0 Å². The molecule has 0 amide bonds. The van der Waals surface area contributed by atoms with Crippen LogP contribution in [0.15, 0.2) is 42.6 Å². The molecule has 21 heavy (non-hydrogen) atoms. The second-order valence-corrected chi connectivity index (χ2v) is 5.45. The summed E-state index contributed by atoms with van der Waals surface area (Å²) in [6, 6.07) is 12.3. The smallest absolute Gasteiger partial charge is 0.0466 e. The van der Waals surface area contributed by atoms with Gasteiger partial charge in [0, 0.05) is 39.7 Å². The first-order valence-electron chi connectivity index (χ1n) is 7.04. The summed E-state index contributed by atoms with van der Waals surface area (Å²) in [5, 5.41) is 5.61. The van der Waals surface area contributed by atoms with Crippen molar-refractivity contribution in [1.29, 1.82) is 0 Å². The Labute approximate surface area is 124 Å². The van der Waals surface area contributed by atoms with E-state index in [9.17, 15) is 0 Å². The number of fused-ring (bicyclic) bond motifs is 1. The van der Waals surface area contributed by atoms with Gasteiger partial charge in [-0.15, -0.1) is 0 Å². The number of nitrogen functional groups attached to an aromatic ring is 1. The number of benzene rings is 2. The van der Waals surface area contributed by atoms with E-state index in [1.807, 2.05) is 25.3 Å². The van der Waals surface area contributed by atoms with Crippen molar-refractivity contribution < 1.29 is 0 Å². The molecule has 0 fully saturated rings. The minimum absolute atomic E-state index is 0.754. The molecule has 2 aromatic carbocycles. The summed E-state index contributed by atoms with van der Waals surface area (Å²) < 4.78 is 0. The van der Waals surface area contributed by atoms with E-state index >= 15 is 0 Å². The molecule has 0 saturated heterocycles. The predicted molar refractivity (Wildman–Crippen MR) is 90.1 cm³/mol. The third-order valence-corrected chi connectivity index (χ3v) is 3.95. The molecule has 1 aromatic heterocycles. The third kappa shape index (κ3) is 2.42. The van der Waals surface area contributed by atoms with Gasteiger partial charge >= 0.3 is 0 Å². The summed E-state index contributed by atoms with van der Waals surface area (Å²) in [5.74, 6) is 0. The van der Waals surface area contributed by atoms with Gasteiger partial charge in [0.05, 0.1) is 0 Å². The van der Waals surface area contributed by atoms with E-state index in [2.05, 4.69) is 48.4 Å². The van der Waals surface area contributed by atoms with Crippen molar-refractivity contribution >= 4 is 27.8 Å². The maximum atomic E-state index is 6.05. The maximum absolute atomic E-state index is 6.05. The summed E-state index contributed by atoms with van der Waals surface area (Å²) in [6.07, 6.45) is 1.84. The molecule has 0 unspecified atom stereocenters. The van der Waals surface area contributed by atoms with E-state index < -0.39 is 0 Å². The predicted octanol–water partition coefficient (Wildman–Crippen LogP) is 4.49. The molecular weight excluding hydrogens is 258 g/mol. The van der Waals surface area contributed by atoms with E-state index in [0.717, 1.165) is 33.5 Å². The fourth-order valence-corrected chi connectivity index (χ4v) is 2.51. The van der Waals surface area contributed by atoms with Gasteiger partial charge in [0.2, 0.25) is 0 Å². The lowest BCUT2D eigenvalue weighted by molar-refractivity contribution is 1.22. The Morgan fingerprint density at radius 1 is 0.952 bits per heavy atom. The lowest BCUT2D eigenvalue weighted by atomic mass is 10.1. The number of anilines is 3. The first kappa shape index (κ1) is 13.4. The quantitative estimate of drug-likeness (QED) is 0.679. The first-order chi connectivity index (χ1) is 10.1. The van der Waals surface area contributed by atoms with Crippen LogP contribution in [0.5, 0.6) is 0 Å². The zero-order valence-electron chi connectivity index (χ0n) is 12.6. The number of aromatic nitrogens is 1. The molecule has 3 N–H and O–H groups in total. The topological polar surface area (TPSA) is 50.9 Å². The van der Waals surface area contributed by atoms with Crippen LogP contribution in [-0.4, -0.2) is 4.98 Å². The minimum atomic E-state index is 0.754. The summed E-state index contributed by atoms with van der Waals surface area (Å²) >= 11 is 0. The number of rotatable bonds is 2. The van der Waals surface area contributed by atoms with Crippen LogP contribution in [0.1, 0.15) is 16.8 Å². The summed E-state index contributed by atoms with van der Waals surface area (Å²) in [4.78, 5) is 4.34. The second kappa shape index (κ2) is 5.09. The van der Waals surface area contributed by atoms with Crippen molar-refractivity contribution in [2.45, 2.75) is 20.8 Å². The summed E-state index contributed by atoms with van der Waals surface area (Å²) in [5.41, 5.74) is 12.5. The highest BCUT2D eigenvalue weighted by molar-refractivity contribution is 6.01. The molecule has 0 spiro atoms. The Morgan fingerprint density at radius 2 is 1.76 bits per heavy atom. The number of hydrogen-bond acceptors (Lipinski definition) is 3. The Balaban J connectivity index is 2.15. The molecule has 3 nitrogen and oxygen atoms in total. The SMILES string of the molecule is Cc1cc2c(Nc3cccc(C)c3C)ccc(N)c2cn1. The number of nitrogens with zero attached hydrogens (tertiary/aromatic N) is 1. The molecule has 3 rings (SSSR count). The van der Waals surface area contributed by atoms with Crippen LogP contribution in [0.4, 0.5) is 17.1 Å².